The zero-order valence-corrected chi connectivity index (χ0v) is 18.5. The molecule has 1 aliphatic rings. The number of nitrogens with zero attached hydrogens (tertiary/aromatic N) is 5. The van der Waals surface area contributed by atoms with Crippen molar-refractivity contribution in [2.75, 3.05) is 11.4 Å². The van der Waals surface area contributed by atoms with Crippen LogP contribution in [0.2, 0.25) is 0 Å². The van der Waals surface area contributed by atoms with E-state index < -0.39 is 0 Å². The van der Waals surface area contributed by atoms with Crippen molar-refractivity contribution in [3.8, 4) is 11.4 Å². The molecule has 3 aromatic rings. The molecule has 4 rings (SSSR count). The van der Waals surface area contributed by atoms with E-state index in [1.807, 2.05) is 62.4 Å². The quantitative estimate of drug-likeness (QED) is 0.619. The molecule has 1 aliphatic carbocycles. The Morgan fingerprint density at radius 1 is 1.00 bits per heavy atom. The minimum atomic E-state index is -0.275. The summed E-state index contributed by atoms with van der Waals surface area (Å²) in [4.78, 5) is 28.6. The Bertz CT molecular complexity index is 1070. The number of aromatic nitrogens is 4. The number of amides is 2. The van der Waals surface area contributed by atoms with Gasteiger partial charge in [0.1, 0.15) is 13.1 Å². The number of benzene rings is 2. The van der Waals surface area contributed by atoms with Crippen LogP contribution in [-0.2, 0) is 16.1 Å². The summed E-state index contributed by atoms with van der Waals surface area (Å²) in [5, 5.41) is 15.5. The van der Waals surface area contributed by atoms with Crippen LogP contribution in [0.25, 0.3) is 11.4 Å². The predicted octanol–water partition coefficient (Wildman–Crippen LogP) is 3.05. The first-order chi connectivity index (χ1) is 15.5. The van der Waals surface area contributed by atoms with Crippen molar-refractivity contribution in [1.82, 2.24) is 25.5 Å². The van der Waals surface area contributed by atoms with Crippen molar-refractivity contribution in [1.29, 1.82) is 0 Å². The van der Waals surface area contributed by atoms with Gasteiger partial charge in [0, 0.05) is 17.3 Å². The van der Waals surface area contributed by atoms with Crippen LogP contribution in [0.4, 0.5) is 5.69 Å². The summed E-state index contributed by atoms with van der Waals surface area (Å²) in [5.41, 5.74) is 3.72. The van der Waals surface area contributed by atoms with E-state index in [-0.39, 0.29) is 30.9 Å². The molecule has 0 bridgehead atoms. The maximum Gasteiger partial charge on any atom is 0.251 e. The van der Waals surface area contributed by atoms with Gasteiger partial charge >= 0.3 is 0 Å². The number of rotatable bonds is 7. The van der Waals surface area contributed by atoms with Gasteiger partial charge in [-0.3, -0.25) is 9.59 Å². The normalized spacial score (nSPS) is 13.8. The molecule has 2 aromatic carbocycles. The van der Waals surface area contributed by atoms with Gasteiger partial charge in [-0.1, -0.05) is 60.4 Å². The summed E-state index contributed by atoms with van der Waals surface area (Å²) in [7, 11) is 0. The molecule has 1 saturated carbocycles. The van der Waals surface area contributed by atoms with Crippen LogP contribution in [0.5, 0.6) is 0 Å². The van der Waals surface area contributed by atoms with Crippen LogP contribution >= 0.6 is 0 Å². The Morgan fingerprint density at radius 3 is 2.28 bits per heavy atom. The summed E-state index contributed by atoms with van der Waals surface area (Å²) in [6, 6.07) is 15.5. The van der Waals surface area contributed by atoms with Gasteiger partial charge in [-0.15, -0.1) is 10.2 Å². The Balaban J connectivity index is 1.48. The van der Waals surface area contributed by atoms with Crippen LogP contribution in [0.3, 0.4) is 0 Å². The van der Waals surface area contributed by atoms with Gasteiger partial charge in [-0.05, 0) is 44.0 Å². The summed E-state index contributed by atoms with van der Waals surface area (Å²) < 4.78 is 0. The number of hydrogen-bond donors (Lipinski definition) is 1. The molecule has 0 atom stereocenters. The number of carbonyl (C=O) groups is 2. The van der Waals surface area contributed by atoms with E-state index in [4.69, 9.17) is 0 Å². The summed E-state index contributed by atoms with van der Waals surface area (Å²) in [6.07, 6.45) is 4.25. The topological polar surface area (TPSA) is 93.0 Å². The molecule has 1 N–H and O–H groups in total. The van der Waals surface area contributed by atoms with Crippen molar-refractivity contribution in [2.45, 2.75) is 52.1 Å². The van der Waals surface area contributed by atoms with E-state index in [9.17, 15) is 9.59 Å². The van der Waals surface area contributed by atoms with Crippen LogP contribution < -0.4 is 10.2 Å². The first-order valence-electron chi connectivity index (χ1n) is 11.0. The number of carbonyl (C=O) groups excluding carboxylic acids is 2. The van der Waals surface area contributed by atoms with Crippen LogP contribution in [0.1, 0.15) is 36.8 Å². The summed E-state index contributed by atoms with van der Waals surface area (Å²) in [5.74, 6) is 0.0275. The predicted molar refractivity (Wildman–Crippen MR) is 122 cm³/mol. The van der Waals surface area contributed by atoms with Crippen molar-refractivity contribution in [3.63, 3.8) is 0 Å². The average molecular weight is 433 g/mol. The average Bonchev–Trinajstić information content (AvgIpc) is 3.45. The second-order valence-electron chi connectivity index (χ2n) is 8.37. The van der Waals surface area contributed by atoms with E-state index in [0.29, 0.717) is 11.5 Å². The fourth-order valence-electron chi connectivity index (χ4n) is 3.87. The molecule has 32 heavy (non-hydrogen) atoms. The molecular formula is C24H28N6O2. The second kappa shape index (κ2) is 9.72. The zero-order chi connectivity index (χ0) is 22.5. The van der Waals surface area contributed by atoms with Crippen molar-refractivity contribution < 1.29 is 9.59 Å². The Labute approximate surface area is 187 Å². The smallest absolute Gasteiger partial charge is 0.251 e. The Kier molecular flexibility index (Phi) is 6.58. The van der Waals surface area contributed by atoms with Gasteiger partial charge in [0.15, 0.2) is 0 Å². The molecule has 1 fully saturated rings. The lowest BCUT2D eigenvalue weighted by molar-refractivity contribution is -0.124. The molecule has 8 nitrogen and oxygen atoms in total. The Morgan fingerprint density at radius 2 is 1.62 bits per heavy atom. The fraction of sp³-hybridized carbons (Fsp3) is 0.375. The Hall–Kier alpha value is -3.55. The number of tetrazole rings is 1. The largest absolute Gasteiger partial charge is 0.352 e. The van der Waals surface area contributed by atoms with Crippen molar-refractivity contribution in [3.05, 3.63) is 59.7 Å². The van der Waals surface area contributed by atoms with E-state index >= 15 is 0 Å². The maximum atomic E-state index is 13.2. The standard InChI is InChI=1S/C24H28N6O2/c1-17-7-11-19(12-8-17)24-26-28-30(27-24)16-23(32)29(21-13-9-18(2)10-14-21)15-22(31)25-20-5-3-4-6-20/h7-14,20H,3-6,15-16H2,1-2H3,(H,25,31). The highest BCUT2D eigenvalue weighted by atomic mass is 16.2. The lowest BCUT2D eigenvalue weighted by Gasteiger charge is -2.23. The number of anilines is 1. The highest BCUT2D eigenvalue weighted by molar-refractivity contribution is 5.98. The summed E-state index contributed by atoms with van der Waals surface area (Å²) >= 11 is 0. The summed E-state index contributed by atoms with van der Waals surface area (Å²) in [6.45, 7) is 3.84. The highest BCUT2D eigenvalue weighted by Gasteiger charge is 2.23. The highest BCUT2D eigenvalue weighted by Crippen LogP contribution is 2.19. The molecule has 1 aromatic heterocycles. The van der Waals surface area contributed by atoms with Gasteiger partial charge in [0.05, 0.1) is 0 Å². The third-order valence-corrected chi connectivity index (χ3v) is 5.71. The first kappa shape index (κ1) is 21.7. The SMILES string of the molecule is Cc1ccc(-c2nnn(CC(=O)N(CC(=O)NC3CCCC3)c3ccc(C)cc3)n2)cc1. The number of aryl methyl sites for hydroxylation is 2. The molecule has 0 radical (unpaired) electrons. The molecule has 0 saturated heterocycles. The van der Waals surface area contributed by atoms with Gasteiger partial charge in [0.25, 0.3) is 5.91 Å². The lowest BCUT2D eigenvalue weighted by Crippen LogP contribution is -2.44. The molecule has 0 unspecified atom stereocenters. The van der Waals surface area contributed by atoms with E-state index in [2.05, 4.69) is 20.7 Å². The van der Waals surface area contributed by atoms with Crippen molar-refractivity contribution >= 4 is 17.5 Å². The minimum absolute atomic E-state index is 0.0437. The van der Waals surface area contributed by atoms with Gasteiger partial charge in [-0.25, -0.2) is 0 Å². The third-order valence-electron chi connectivity index (χ3n) is 5.71. The molecule has 0 spiro atoms. The van der Waals surface area contributed by atoms with Crippen LogP contribution in [-0.4, -0.2) is 44.6 Å². The zero-order valence-electron chi connectivity index (χ0n) is 18.5. The van der Waals surface area contributed by atoms with E-state index in [1.165, 1.54) is 9.70 Å². The van der Waals surface area contributed by atoms with Crippen molar-refractivity contribution in [2.24, 2.45) is 0 Å². The fourth-order valence-corrected chi connectivity index (χ4v) is 3.87. The van der Waals surface area contributed by atoms with Gasteiger partial charge < -0.3 is 10.2 Å². The van der Waals surface area contributed by atoms with Crippen LogP contribution in [0.15, 0.2) is 48.5 Å². The molecular weight excluding hydrogens is 404 g/mol. The molecule has 2 amide bonds. The lowest BCUT2D eigenvalue weighted by atomic mass is 10.1. The number of hydrogen-bond acceptors (Lipinski definition) is 5. The monoisotopic (exact) mass is 432 g/mol. The maximum absolute atomic E-state index is 13.2. The van der Waals surface area contributed by atoms with E-state index in [0.717, 1.165) is 42.4 Å². The minimum Gasteiger partial charge on any atom is -0.352 e. The van der Waals surface area contributed by atoms with E-state index in [1.54, 1.807) is 0 Å². The third kappa shape index (κ3) is 5.38. The second-order valence-corrected chi connectivity index (χ2v) is 8.37. The van der Waals surface area contributed by atoms with Gasteiger partial charge in [-0.2, -0.15) is 4.80 Å². The van der Waals surface area contributed by atoms with Crippen LogP contribution in [0, 0.1) is 13.8 Å². The molecule has 1 heterocycles. The number of nitrogens with one attached hydrogen (secondary N) is 1. The first-order valence-corrected chi connectivity index (χ1v) is 11.0. The molecule has 166 valence electrons. The van der Waals surface area contributed by atoms with Gasteiger partial charge in [0.2, 0.25) is 11.7 Å². The molecule has 0 aliphatic heterocycles. The molecule has 8 heteroatoms.